The lowest BCUT2D eigenvalue weighted by atomic mass is 10.2. The highest BCUT2D eigenvalue weighted by molar-refractivity contribution is 7.89. The zero-order valence-corrected chi connectivity index (χ0v) is 11.5. The lowest BCUT2D eigenvalue weighted by molar-refractivity contribution is 0.0166. The topological polar surface area (TPSA) is 76.3 Å². The number of alkyl halides is 2. The van der Waals surface area contributed by atoms with Crippen molar-refractivity contribution in [1.82, 2.24) is 14.5 Å². The van der Waals surface area contributed by atoms with Crippen LogP contribution in [0.2, 0.25) is 0 Å². The summed E-state index contributed by atoms with van der Waals surface area (Å²) in [6.07, 6.45) is -0.266. The second-order valence-electron chi connectivity index (χ2n) is 4.60. The molecule has 0 bridgehead atoms. The summed E-state index contributed by atoms with van der Waals surface area (Å²) in [5, 5.41) is 7.22. The molecule has 2 rings (SSSR count). The Morgan fingerprint density at radius 3 is 2.68 bits per heavy atom. The Balaban J connectivity index is 2.35. The first kappa shape index (κ1) is 14.3. The molecule has 1 atom stereocenters. The van der Waals surface area contributed by atoms with Crippen LogP contribution < -0.4 is 0 Å². The van der Waals surface area contributed by atoms with Gasteiger partial charge in [-0.2, -0.15) is 4.31 Å². The molecule has 0 spiro atoms. The molecule has 2 heterocycles. The van der Waals surface area contributed by atoms with E-state index in [-0.39, 0.29) is 17.5 Å². The normalized spacial score (nSPS) is 23.9. The van der Waals surface area contributed by atoms with Crippen molar-refractivity contribution in [3.05, 3.63) is 11.8 Å². The number of sulfonamides is 1. The van der Waals surface area contributed by atoms with Crippen LogP contribution in [0.3, 0.4) is 0 Å². The molecule has 0 radical (unpaired) electrons. The third kappa shape index (κ3) is 2.92. The van der Waals surface area contributed by atoms with E-state index in [1.807, 2.05) is 0 Å². The minimum Gasteiger partial charge on any atom is -0.424 e. The SMILES string of the molecule is CCCS(=O)(=O)N1CC(F)(F)C[C@H]1c1nnc(C)o1. The van der Waals surface area contributed by atoms with Crippen LogP contribution in [0.1, 0.15) is 37.6 Å². The first-order valence-electron chi connectivity index (χ1n) is 5.92. The Morgan fingerprint density at radius 1 is 1.47 bits per heavy atom. The molecule has 108 valence electrons. The van der Waals surface area contributed by atoms with E-state index in [2.05, 4.69) is 10.2 Å². The van der Waals surface area contributed by atoms with Gasteiger partial charge in [0.25, 0.3) is 5.92 Å². The maximum Gasteiger partial charge on any atom is 0.263 e. The molecule has 0 saturated carbocycles. The van der Waals surface area contributed by atoms with Crippen molar-refractivity contribution in [2.24, 2.45) is 0 Å². The van der Waals surface area contributed by atoms with Crippen LogP contribution in [0, 0.1) is 6.92 Å². The van der Waals surface area contributed by atoms with Gasteiger partial charge in [0.15, 0.2) is 0 Å². The molecule has 0 amide bonds. The first-order valence-corrected chi connectivity index (χ1v) is 7.53. The summed E-state index contributed by atoms with van der Waals surface area (Å²) in [6, 6.07) is -1.08. The quantitative estimate of drug-likeness (QED) is 0.841. The number of hydrogen-bond donors (Lipinski definition) is 0. The van der Waals surface area contributed by atoms with Crippen LogP contribution in [-0.4, -0.2) is 41.1 Å². The van der Waals surface area contributed by atoms with Gasteiger partial charge in [0, 0.05) is 13.3 Å². The van der Waals surface area contributed by atoms with Crippen molar-refractivity contribution in [2.75, 3.05) is 12.3 Å². The second-order valence-corrected chi connectivity index (χ2v) is 6.64. The minimum atomic E-state index is -3.74. The van der Waals surface area contributed by atoms with Gasteiger partial charge in [0.2, 0.25) is 21.8 Å². The average molecular weight is 295 g/mol. The Morgan fingerprint density at radius 2 is 2.16 bits per heavy atom. The van der Waals surface area contributed by atoms with E-state index >= 15 is 0 Å². The van der Waals surface area contributed by atoms with E-state index in [1.165, 1.54) is 6.92 Å². The Hall–Kier alpha value is -1.09. The van der Waals surface area contributed by atoms with Gasteiger partial charge < -0.3 is 4.42 Å². The van der Waals surface area contributed by atoms with E-state index in [0.717, 1.165) is 4.31 Å². The van der Waals surface area contributed by atoms with Crippen LogP contribution in [0.4, 0.5) is 8.78 Å². The molecule has 0 unspecified atom stereocenters. The fourth-order valence-electron chi connectivity index (χ4n) is 2.11. The smallest absolute Gasteiger partial charge is 0.263 e. The number of aryl methyl sites for hydroxylation is 1. The summed E-state index contributed by atoms with van der Waals surface area (Å²) in [5.41, 5.74) is 0. The van der Waals surface area contributed by atoms with Gasteiger partial charge in [-0.3, -0.25) is 0 Å². The van der Waals surface area contributed by atoms with Crippen LogP contribution >= 0.6 is 0 Å². The van der Waals surface area contributed by atoms with Crippen molar-refractivity contribution in [2.45, 2.75) is 38.7 Å². The van der Waals surface area contributed by atoms with E-state index in [4.69, 9.17) is 4.42 Å². The summed E-state index contributed by atoms with van der Waals surface area (Å²) < 4.78 is 56.9. The van der Waals surface area contributed by atoms with Gasteiger partial charge in [-0.1, -0.05) is 6.92 Å². The third-order valence-electron chi connectivity index (χ3n) is 2.87. The van der Waals surface area contributed by atoms with Gasteiger partial charge in [-0.25, -0.2) is 17.2 Å². The van der Waals surface area contributed by atoms with Crippen molar-refractivity contribution in [3.63, 3.8) is 0 Å². The van der Waals surface area contributed by atoms with E-state index in [0.29, 0.717) is 6.42 Å². The van der Waals surface area contributed by atoms with Crippen LogP contribution in [-0.2, 0) is 10.0 Å². The van der Waals surface area contributed by atoms with Crippen LogP contribution in [0.15, 0.2) is 4.42 Å². The van der Waals surface area contributed by atoms with E-state index < -0.39 is 35.0 Å². The van der Waals surface area contributed by atoms with Crippen LogP contribution in [0.5, 0.6) is 0 Å². The van der Waals surface area contributed by atoms with Crippen molar-refractivity contribution in [3.8, 4) is 0 Å². The Labute approximate surface area is 109 Å². The number of aromatic nitrogens is 2. The summed E-state index contributed by atoms with van der Waals surface area (Å²) in [6.45, 7) is 2.37. The number of hydrogen-bond acceptors (Lipinski definition) is 5. The molecule has 1 aliphatic rings. The molecular weight excluding hydrogens is 280 g/mol. The molecule has 6 nitrogen and oxygen atoms in total. The largest absolute Gasteiger partial charge is 0.424 e. The van der Waals surface area contributed by atoms with Crippen molar-refractivity contribution < 1.29 is 21.6 Å². The van der Waals surface area contributed by atoms with Gasteiger partial charge in [0.1, 0.15) is 6.04 Å². The number of nitrogens with zero attached hydrogens (tertiary/aromatic N) is 3. The summed E-state index contributed by atoms with van der Waals surface area (Å²) in [5.74, 6) is -3.10. The molecule has 9 heteroatoms. The van der Waals surface area contributed by atoms with E-state index in [9.17, 15) is 17.2 Å². The third-order valence-corrected chi connectivity index (χ3v) is 4.90. The van der Waals surface area contributed by atoms with E-state index in [1.54, 1.807) is 6.92 Å². The molecule has 0 aromatic carbocycles. The van der Waals surface area contributed by atoms with Gasteiger partial charge >= 0.3 is 0 Å². The Bertz CT molecular complexity index is 558. The molecule has 19 heavy (non-hydrogen) atoms. The van der Waals surface area contributed by atoms with Crippen molar-refractivity contribution >= 4 is 10.0 Å². The molecule has 1 aliphatic heterocycles. The second kappa shape index (κ2) is 4.78. The zero-order chi connectivity index (χ0) is 14.3. The summed E-state index contributed by atoms with van der Waals surface area (Å²) in [4.78, 5) is 0. The summed E-state index contributed by atoms with van der Waals surface area (Å²) in [7, 11) is -3.74. The average Bonchev–Trinajstić information content (AvgIpc) is 2.82. The zero-order valence-electron chi connectivity index (χ0n) is 10.6. The van der Waals surface area contributed by atoms with Gasteiger partial charge in [0.05, 0.1) is 12.3 Å². The summed E-state index contributed by atoms with van der Waals surface area (Å²) >= 11 is 0. The maximum absolute atomic E-state index is 13.5. The van der Waals surface area contributed by atoms with Gasteiger partial charge in [-0.15, -0.1) is 10.2 Å². The molecule has 1 aromatic heterocycles. The highest BCUT2D eigenvalue weighted by Crippen LogP contribution is 2.42. The standard InChI is InChI=1S/C10H15F2N3O3S/c1-3-4-19(16,17)15-6-10(11,12)5-8(15)9-14-13-7(2)18-9/h8H,3-6H2,1-2H3/t8-/m0/s1. The lowest BCUT2D eigenvalue weighted by Crippen LogP contribution is -2.34. The fourth-order valence-corrected chi connectivity index (χ4v) is 3.80. The first-order chi connectivity index (χ1) is 8.75. The van der Waals surface area contributed by atoms with Gasteiger partial charge in [-0.05, 0) is 6.42 Å². The lowest BCUT2D eigenvalue weighted by Gasteiger charge is -2.20. The monoisotopic (exact) mass is 295 g/mol. The van der Waals surface area contributed by atoms with Crippen molar-refractivity contribution in [1.29, 1.82) is 0 Å². The van der Waals surface area contributed by atoms with Crippen LogP contribution in [0.25, 0.3) is 0 Å². The molecule has 0 N–H and O–H groups in total. The molecule has 1 saturated heterocycles. The fraction of sp³-hybridized carbons (Fsp3) is 0.800. The number of rotatable bonds is 4. The minimum absolute atomic E-state index is 0.0747. The predicted molar refractivity (Wildman–Crippen MR) is 62.1 cm³/mol. The highest BCUT2D eigenvalue weighted by Gasteiger charge is 2.51. The predicted octanol–water partition coefficient (Wildman–Crippen LogP) is 1.50. The molecule has 0 aliphatic carbocycles. The molecule has 1 aromatic rings. The highest BCUT2D eigenvalue weighted by atomic mass is 32.2. The Kier molecular flexibility index (Phi) is 3.61. The molecular formula is C10H15F2N3O3S. The molecule has 1 fully saturated rings. The number of halogens is 2. The maximum atomic E-state index is 13.5.